The summed E-state index contributed by atoms with van der Waals surface area (Å²) in [4.78, 5) is 29.1. The van der Waals surface area contributed by atoms with E-state index >= 15 is 0 Å². The number of carbonyl (C=O) groups is 2. The van der Waals surface area contributed by atoms with Crippen LogP contribution in [0.4, 0.5) is 0 Å². The van der Waals surface area contributed by atoms with E-state index in [0.29, 0.717) is 18.8 Å². The summed E-state index contributed by atoms with van der Waals surface area (Å²) in [6, 6.07) is 7.99. The van der Waals surface area contributed by atoms with E-state index in [4.69, 9.17) is 4.74 Å². The van der Waals surface area contributed by atoms with Gasteiger partial charge in [0.25, 0.3) is 5.91 Å². The topological polar surface area (TPSA) is 63.6 Å². The molecule has 4 rings (SSSR count). The van der Waals surface area contributed by atoms with Gasteiger partial charge in [-0.25, -0.2) is 0 Å². The van der Waals surface area contributed by atoms with Gasteiger partial charge in [0.05, 0.1) is 19.2 Å². The molecular weight excluding hydrogens is 390 g/mol. The quantitative estimate of drug-likeness (QED) is 0.693. The molecule has 1 aromatic heterocycles. The summed E-state index contributed by atoms with van der Waals surface area (Å²) >= 11 is 0. The molecule has 6 heteroatoms. The third kappa shape index (κ3) is 4.04. The monoisotopic (exact) mass is 425 g/mol. The van der Waals surface area contributed by atoms with Crippen LogP contribution in [0.15, 0.2) is 24.3 Å². The SMILES string of the molecule is CCCCN1C(=O)c2cc3ccc(OC)cc3n2C[C@]1(C)C(=O)NC1CCCCCC1. The molecule has 0 spiro atoms. The molecule has 0 unspecified atom stereocenters. The van der Waals surface area contributed by atoms with Crippen molar-refractivity contribution in [2.24, 2.45) is 0 Å². The summed E-state index contributed by atoms with van der Waals surface area (Å²) in [6.07, 6.45) is 8.71. The Bertz CT molecular complexity index is 958. The van der Waals surface area contributed by atoms with Crippen molar-refractivity contribution in [3.63, 3.8) is 0 Å². The van der Waals surface area contributed by atoms with Gasteiger partial charge in [-0.1, -0.05) is 39.0 Å². The Morgan fingerprint density at radius 1 is 1.19 bits per heavy atom. The molecule has 2 aliphatic rings. The maximum absolute atomic E-state index is 13.7. The Morgan fingerprint density at radius 2 is 1.94 bits per heavy atom. The van der Waals surface area contributed by atoms with Crippen molar-refractivity contribution in [1.29, 1.82) is 0 Å². The Morgan fingerprint density at radius 3 is 2.61 bits per heavy atom. The van der Waals surface area contributed by atoms with E-state index in [9.17, 15) is 9.59 Å². The van der Waals surface area contributed by atoms with Crippen molar-refractivity contribution in [2.45, 2.75) is 83.3 Å². The third-order valence-electron chi connectivity index (χ3n) is 7.05. The van der Waals surface area contributed by atoms with Gasteiger partial charge in [0, 0.05) is 24.0 Å². The lowest BCUT2D eigenvalue weighted by atomic mass is 9.93. The number of unbranched alkanes of at least 4 members (excludes halogenated alkanes) is 1. The van der Waals surface area contributed by atoms with Gasteiger partial charge in [0.2, 0.25) is 5.91 Å². The first kappa shape index (κ1) is 21.7. The van der Waals surface area contributed by atoms with Gasteiger partial charge in [0.1, 0.15) is 17.0 Å². The first-order valence-electron chi connectivity index (χ1n) is 11.8. The molecule has 1 aliphatic heterocycles. The fourth-order valence-electron chi connectivity index (χ4n) is 5.09. The number of methoxy groups -OCH3 is 1. The summed E-state index contributed by atoms with van der Waals surface area (Å²) in [5.41, 5.74) is 0.672. The van der Waals surface area contributed by atoms with Crippen LogP contribution in [0.25, 0.3) is 10.9 Å². The second kappa shape index (κ2) is 8.93. The number of amides is 2. The highest BCUT2D eigenvalue weighted by molar-refractivity contribution is 6.03. The minimum Gasteiger partial charge on any atom is -0.497 e. The predicted octanol–water partition coefficient (Wildman–Crippen LogP) is 4.50. The Kier molecular flexibility index (Phi) is 6.26. The van der Waals surface area contributed by atoms with Crippen LogP contribution in [-0.4, -0.2) is 46.5 Å². The zero-order valence-electron chi connectivity index (χ0n) is 19.1. The zero-order valence-corrected chi connectivity index (χ0v) is 19.1. The average molecular weight is 426 g/mol. The van der Waals surface area contributed by atoms with E-state index in [1.807, 2.05) is 40.7 Å². The molecule has 1 N–H and O–H groups in total. The number of benzene rings is 1. The van der Waals surface area contributed by atoms with E-state index < -0.39 is 5.54 Å². The Labute approximate surface area is 184 Å². The molecular formula is C25H35N3O3. The van der Waals surface area contributed by atoms with Crippen LogP contribution in [0.5, 0.6) is 5.75 Å². The number of carbonyl (C=O) groups excluding carboxylic acids is 2. The van der Waals surface area contributed by atoms with Gasteiger partial charge in [0.15, 0.2) is 0 Å². The third-order valence-corrected chi connectivity index (χ3v) is 7.05. The van der Waals surface area contributed by atoms with Gasteiger partial charge in [-0.3, -0.25) is 9.59 Å². The summed E-state index contributed by atoms with van der Waals surface area (Å²) in [7, 11) is 1.64. The second-order valence-electron chi connectivity index (χ2n) is 9.29. The highest BCUT2D eigenvalue weighted by Gasteiger charge is 2.47. The number of ether oxygens (including phenoxy) is 1. The van der Waals surface area contributed by atoms with E-state index in [-0.39, 0.29) is 17.9 Å². The standard InChI is InChI=1S/C25H35N3O3/c1-4-5-14-28-23(29)22-15-18-12-13-20(31-3)16-21(18)27(22)17-25(28,2)24(30)26-19-10-8-6-7-9-11-19/h12-13,15-16,19H,4-11,14,17H2,1-3H3,(H,26,30)/t25-/m1/s1. The highest BCUT2D eigenvalue weighted by atomic mass is 16.5. The zero-order chi connectivity index (χ0) is 22.0. The lowest BCUT2D eigenvalue weighted by Crippen LogP contribution is -2.65. The summed E-state index contributed by atoms with van der Waals surface area (Å²) in [5, 5.41) is 4.31. The molecule has 0 bridgehead atoms. The minimum atomic E-state index is -0.916. The number of hydrogen-bond donors (Lipinski definition) is 1. The molecule has 2 heterocycles. The van der Waals surface area contributed by atoms with Gasteiger partial charge in [-0.2, -0.15) is 0 Å². The van der Waals surface area contributed by atoms with Crippen LogP contribution in [0.1, 0.15) is 75.7 Å². The van der Waals surface area contributed by atoms with E-state index in [2.05, 4.69) is 12.2 Å². The van der Waals surface area contributed by atoms with Crippen LogP contribution in [0, 0.1) is 0 Å². The van der Waals surface area contributed by atoms with Gasteiger partial charge in [-0.15, -0.1) is 0 Å². The number of fused-ring (bicyclic) bond motifs is 3. The van der Waals surface area contributed by atoms with Crippen molar-refractivity contribution in [3.8, 4) is 5.75 Å². The Balaban J connectivity index is 1.71. The largest absolute Gasteiger partial charge is 0.497 e. The summed E-state index contributed by atoms with van der Waals surface area (Å²) < 4.78 is 7.42. The minimum absolute atomic E-state index is 0.0285. The normalized spacial score (nSPS) is 22.3. The number of nitrogens with zero attached hydrogens (tertiary/aromatic N) is 2. The molecule has 1 atom stereocenters. The van der Waals surface area contributed by atoms with Crippen LogP contribution in [-0.2, 0) is 11.3 Å². The maximum atomic E-state index is 13.7. The molecule has 0 saturated heterocycles. The van der Waals surface area contributed by atoms with Crippen molar-refractivity contribution in [2.75, 3.05) is 13.7 Å². The molecule has 6 nitrogen and oxygen atoms in total. The smallest absolute Gasteiger partial charge is 0.271 e. The van der Waals surface area contributed by atoms with Crippen molar-refractivity contribution in [1.82, 2.24) is 14.8 Å². The number of hydrogen-bond acceptors (Lipinski definition) is 3. The summed E-state index contributed by atoms with van der Waals surface area (Å²) in [6.45, 7) is 5.09. The van der Waals surface area contributed by atoms with Crippen molar-refractivity contribution in [3.05, 3.63) is 30.0 Å². The number of nitrogens with one attached hydrogen (secondary N) is 1. The predicted molar refractivity (Wildman–Crippen MR) is 122 cm³/mol. The maximum Gasteiger partial charge on any atom is 0.271 e. The van der Waals surface area contributed by atoms with Crippen molar-refractivity contribution >= 4 is 22.7 Å². The fourth-order valence-corrected chi connectivity index (χ4v) is 5.09. The molecule has 2 amide bonds. The van der Waals surface area contributed by atoms with Gasteiger partial charge in [-0.05, 0) is 44.4 Å². The molecule has 168 valence electrons. The van der Waals surface area contributed by atoms with Crippen molar-refractivity contribution < 1.29 is 14.3 Å². The molecule has 31 heavy (non-hydrogen) atoms. The van der Waals surface area contributed by atoms with Crippen LogP contribution in [0.2, 0.25) is 0 Å². The average Bonchev–Trinajstić information content (AvgIpc) is 2.93. The lowest BCUT2D eigenvalue weighted by Gasteiger charge is -2.44. The highest BCUT2D eigenvalue weighted by Crippen LogP contribution is 2.34. The molecule has 0 radical (unpaired) electrons. The first-order valence-corrected chi connectivity index (χ1v) is 11.8. The van der Waals surface area contributed by atoms with Gasteiger partial charge < -0.3 is 19.5 Å². The fraction of sp³-hybridized carbons (Fsp3) is 0.600. The Hall–Kier alpha value is -2.50. The van der Waals surface area contributed by atoms with E-state index in [1.165, 1.54) is 12.8 Å². The second-order valence-corrected chi connectivity index (χ2v) is 9.29. The van der Waals surface area contributed by atoms with Crippen LogP contribution >= 0.6 is 0 Å². The van der Waals surface area contributed by atoms with E-state index in [0.717, 1.165) is 55.2 Å². The van der Waals surface area contributed by atoms with E-state index in [1.54, 1.807) is 7.11 Å². The summed E-state index contributed by atoms with van der Waals surface area (Å²) in [5.74, 6) is 0.659. The molecule has 1 fully saturated rings. The number of aromatic nitrogens is 1. The number of rotatable bonds is 6. The molecule has 1 aromatic carbocycles. The molecule has 1 aliphatic carbocycles. The molecule has 2 aromatic rings. The lowest BCUT2D eigenvalue weighted by molar-refractivity contribution is -0.133. The van der Waals surface area contributed by atoms with Crippen LogP contribution in [0.3, 0.4) is 0 Å². The van der Waals surface area contributed by atoms with Gasteiger partial charge >= 0.3 is 0 Å². The van der Waals surface area contributed by atoms with Crippen LogP contribution < -0.4 is 10.1 Å². The first-order chi connectivity index (χ1) is 15.0. The molecule has 1 saturated carbocycles.